The van der Waals surface area contributed by atoms with Gasteiger partial charge in [-0.05, 0) is 16.7 Å². The van der Waals surface area contributed by atoms with Gasteiger partial charge in [0, 0.05) is 5.41 Å². The van der Waals surface area contributed by atoms with E-state index in [1.165, 1.54) is 0 Å². The first-order chi connectivity index (χ1) is 15.2. The molecule has 0 spiro atoms. The average Bonchev–Trinajstić information content (AvgIpc) is 2.78. The zero-order valence-corrected chi connectivity index (χ0v) is 19.4. The Hall–Kier alpha value is -2.52. The molecule has 0 bridgehead atoms. The number of rotatable bonds is 11. The second-order valence-corrected chi connectivity index (χ2v) is 11.1. The van der Waals surface area contributed by atoms with Crippen molar-refractivity contribution < 1.29 is 25.2 Å². The van der Waals surface area contributed by atoms with Gasteiger partial charge in [-0.1, -0.05) is 97.9 Å². The molecule has 0 atom stereocenters. The molecule has 0 fully saturated rings. The molecule has 0 heterocycles. The maximum absolute atomic E-state index is 12.5. The maximum Gasteiger partial charge on any atom is 0.271 e. The van der Waals surface area contributed by atoms with Crippen LogP contribution in [-0.4, -0.2) is 30.0 Å². The van der Waals surface area contributed by atoms with E-state index in [0.29, 0.717) is 16.7 Å². The number of hydrogen-bond acceptors (Lipinski definition) is 6. The molecule has 0 radical (unpaired) electrons. The van der Waals surface area contributed by atoms with Crippen molar-refractivity contribution in [2.45, 2.75) is 23.8 Å². The molecule has 3 rings (SSSR count). The van der Waals surface area contributed by atoms with Gasteiger partial charge < -0.3 is 0 Å². The van der Waals surface area contributed by atoms with Gasteiger partial charge in [0.25, 0.3) is 20.2 Å². The molecule has 6 nitrogen and oxygen atoms in total. The van der Waals surface area contributed by atoms with Gasteiger partial charge in [0.2, 0.25) is 0 Å². The normalized spacial score (nSPS) is 12.5. The molecule has 0 aliphatic carbocycles. The van der Waals surface area contributed by atoms with E-state index in [2.05, 4.69) is 0 Å². The fourth-order valence-corrected chi connectivity index (χ4v) is 5.38. The summed E-state index contributed by atoms with van der Waals surface area (Å²) >= 11 is 0. The van der Waals surface area contributed by atoms with Crippen molar-refractivity contribution in [1.29, 1.82) is 0 Å². The Balaban J connectivity index is 1.73. The van der Waals surface area contributed by atoms with Crippen molar-refractivity contribution in [3.8, 4) is 0 Å². The number of benzene rings is 3. The van der Waals surface area contributed by atoms with Crippen molar-refractivity contribution >= 4 is 20.2 Å². The highest BCUT2D eigenvalue weighted by atomic mass is 32.2. The minimum Gasteiger partial charge on any atom is -0.269 e. The van der Waals surface area contributed by atoms with Crippen LogP contribution in [0.5, 0.6) is 0 Å². The van der Waals surface area contributed by atoms with Gasteiger partial charge in [0.15, 0.2) is 0 Å². The highest BCUT2D eigenvalue weighted by Crippen LogP contribution is 2.27. The molecule has 0 aliphatic rings. The Morgan fingerprint density at radius 1 is 0.594 bits per heavy atom. The fourth-order valence-electron chi connectivity index (χ4n) is 3.13. The van der Waals surface area contributed by atoms with Gasteiger partial charge in [0.05, 0.1) is 13.2 Å². The van der Waals surface area contributed by atoms with Crippen molar-refractivity contribution in [2.24, 2.45) is 0 Å². The SMILES string of the molecule is CC(COS(=O)(=O)Cc1ccccc1)(COS(=O)(=O)Cc1ccccc1)c1ccccc1. The zero-order valence-electron chi connectivity index (χ0n) is 17.8. The predicted octanol–water partition coefficient (Wildman–Crippen LogP) is 4.04. The molecule has 0 aliphatic heterocycles. The van der Waals surface area contributed by atoms with E-state index in [-0.39, 0.29) is 24.7 Å². The van der Waals surface area contributed by atoms with E-state index in [1.807, 2.05) is 6.07 Å². The highest BCUT2D eigenvalue weighted by molar-refractivity contribution is 7.86. The molecule has 170 valence electrons. The van der Waals surface area contributed by atoms with E-state index in [4.69, 9.17) is 8.37 Å². The number of hydrogen-bond donors (Lipinski definition) is 0. The molecule has 0 aromatic heterocycles. The summed E-state index contributed by atoms with van der Waals surface area (Å²) < 4.78 is 60.8. The second kappa shape index (κ2) is 10.4. The van der Waals surface area contributed by atoms with E-state index >= 15 is 0 Å². The Bertz CT molecular complexity index is 1120. The van der Waals surface area contributed by atoms with Crippen molar-refractivity contribution in [2.75, 3.05) is 13.2 Å². The van der Waals surface area contributed by atoms with Gasteiger partial charge in [-0.15, -0.1) is 0 Å². The quantitative estimate of drug-likeness (QED) is 0.390. The topological polar surface area (TPSA) is 86.7 Å². The average molecular weight is 475 g/mol. The van der Waals surface area contributed by atoms with Gasteiger partial charge in [-0.25, -0.2) is 0 Å². The minimum atomic E-state index is -3.88. The van der Waals surface area contributed by atoms with Crippen LogP contribution in [0.4, 0.5) is 0 Å². The van der Waals surface area contributed by atoms with E-state index in [9.17, 15) is 16.8 Å². The zero-order chi connectivity index (χ0) is 23.1. The summed E-state index contributed by atoms with van der Waals surface area (Å²) in [6.45, 7) is 1.21. The summed E-state index contributed by atoms with van der Waals surface area (Å²) in [6, 6.07) is 26.4. The highest BCUT2D eigenvalue weighted by Gasteiger charge is 2.32. The molecule has 3 aromatic rings. The standard InChI is InChI=1S/C24H26O6S2/c1-24(23-15-9-4-10-16-23,19-29-31(25,26)17-21-11-5-2-6-12-21)20-30-32(27,28)18-22-13-7-3-8-14-22/h2-16H,17-20H2,1H3. The molecular weight excluding hydrogens is 448 g/mol. The summed E-state index contributed by atoms with van der Waals surface area (Å²) in [6.07, 6.45) is 0. The molecular formula is C24H26O6S2. The van der Waals surface area contributed by atoms with Gasteiger partial charge in [-0.2, -0.15) is 16.8 Å². The van der Waals surface area contributed by atoms with Gasteiger partial charge >= 0.3 is 0 Å². The van der Waals surface area contributed by atoms with Crippen LogP contribution in [0.25, 0.3) is 0 Å². The van der Waals surface area contributed by atoms with Crippen molar-refractivity contribution in [3.63, 3.8) is 0 Å². The molecule has 0 N–H and O–H groups in total. The van der Waals surface area contributed by atoms with Crippen molar-refractivity contribution in [1.82, 2.24) is 0 Å². The van der Waals surface area contributed by atoms with Crippen LogP contribution in [0.1, 0.15) is 23.6 Å². The van der Waals surface area contributed by atoms with E-state index in [1.54, 1.807) is 91.9 Å². The third-order valence-corrected chi connectivity index (χ3v) is 7.29. The first kappa shape index (κ1) is 24.1. The monoisotopic (exact) mass is 474 g/mol. The van der Waals surface area contributed by atoms with Gasteiger partial charge in [-0.3, -0.25) is 8.37 Å². The molecule has 0 amide bonds. The molecule has 3 aromatic carbocycles. The molecule has 32 heavy (non-hydrogen) atoms. The smallest absolute Gasteiger partial charge is 0.269 e. The first-order valence-electron chi connectivity index (χ1n) is 10.1. The first-order valence-corrected chi connectivity index (χ1v) is 13.2. The van der Waals surface area contributed by atoms with Crippen LogP contribution in [0.15, 0.2) is 91.0 Å². The summed E-state index contributed by atoms with van der Waals surface area (Å²) in [4.78, 5) is 0. The molecule has 0 saturated carbocycles. The summed E-state index contributed by atoms with van der Waals surface area (Å²) in [7, 11) is -7.77. The van der Waals surface area contributed by atoms with E-state index in [0.717, 1.165) is 0 Å². The van der Waals surface area contributed by atoms with Crippen molar-refractivity contribution in [3.05, 3.63) is 108 Å². The van der Waals surface area contributed by atoms with Crippen LogP contribution < -0.4 is 0 Å². The molecule has 0 unspecified atom stereocenters. The minimum absolute atomic E-state index is 0.257. The third-order valence-electron chi connectivity index (χ3n) is 4.96. The lowest BCUT2D eigenvalue weighted by Crippen LogP contribution is -2.36. The van der Waals surface area contributed by atoms with Gasteiger partial charge in [0.1, 0.15) is 11.5 Å². The Morgan fingerprint density at radius 3 is 1.31 bits per heavy atom. The molecule has 8 heteroatoms. The summed E-state index contributed by atoms with van der Waals surface area (Å²) in [5.41, 5.74) is 0.922. The summed E-state index contributed by atoms with van der Waals surface area (Å²) in [5, 5.41) is 0. The van der Waals surface area contributed by atoms with Crippen LogP contribution >= 0.6 is 0 Å². The Kier molecular flexibility index (Phi) is 7.84. The van der Waals surface area contributed by atoms with Crippen LogP contribution in [0.2, 0.25) is 0 Å². The van der Waals surface area contributed by atoms with E-state index < -0.39 is 25.7 Å². The third kappa shape index (κ3) is 7.27. The largest absolute Gasteiger partial charge is 0.271 e. The maximum atomic E-state index is 12.5. The Morgan fingerprint density at radius 2 is 0.938 bits per heavy atom. The fraction of sp³-hybridized carbons (Fsp3) is 0.250. The predicted molar refractivity (Wildman–Crippen MR) is 124 cm³/mol. The summed E-state index contributed by atoms with van der Waals surface area (Å²) in [5.74, 6) is -0.544. The lowest BCUT2D eigenvalue weighted by Gasteiger charge is -2.29. The van der Waals surface area contributed by atoms with Crippen LogP contribution in [0, 0.1) is 0 Å². The van der Waals surface area contributed by atoms with Crippen LogP contribution in [-0.2, 0) is 45.5 Å². The molecule has 0 saturated heterocycles. The lowest BCUT2D eigenvalue weighted by atomic mass is 9.84. The lowest BCUT2D eigenvalue weighted by molar-refractivity contribution is 0.162. The second-order valence-electron chi connectivity index (χ2n) is 7.83. The van der Waals surface area contributed by atoms with Crippen LogP contribution in [0.3, 0.4) is 0 Å². The Labute approximate surface area is 190 Å².